The first-order valence-corrected chi connectivity index (χ1v) is 7.09. The number of hydrogen-bond acceptors (Lipinski definition) is 3. The Morgan fingerprint density at radius 3 is 2.60 bits per heavy atom. The number of benzene rings is 2. The molecule has 0 unspecified atom stereocenters. The van der Waals surface area contributed by atoms with Gasteiger partial charge in [0.25, 0.3) is 0 Å². The highest BCUT2D eigenvalue weighted by atomic mass is 35.5. The van der Waals surface area contributed by atoms with E-state index in [1.165, 1.54) is 5.69 Å². The van der Waals surface area contributed by atoms with Gasteiger partial charge in [0.2, 0.25) is 0 Å². The van der Waals surface area contributed by atoms with Gasteiger partial charge in [-0.25, -0.2) is 0 Å². The zero-order chi connectivity index (χ0) is 14.4. The molecule has 0 saturated heterocycles. The first-order valence-electron chi connectivity index (χ1n) is 6.72. The van der Waals surface area contributed by atoms with Crippen LogP contribution in [0.25, 0.3) is 0 Å². The standard InChI is InChI=1S/C16H20ClN3/c1-20(14-6-3-2-4-7-14)11-5-10-19-16-9-8-13(17)12-15(16)18/h2-4,6-9,12,19H,5,10-11,18H2,1H3. The van der Waals surface area contributed by atoms with Gasteiger partial charge in [-0.1, -0.05) is 29.8 Å². The Balaban J connectivity index is 1.76. The summed E-state index contributed by atoms with van der Waals surface area (Å²) in [6.07, 6.45) is 1.04. The average molecular weight is 290 g/mol. The van der Waals surface area contributed by atoms with Gasteiger partial charge < -0.3 is 16.0 Å². The maximum absolute atomic E-state index is 5.90. The molecule has 0 aliphatic rings. The minimum absolute atomic E-state index is 0.664. The minimum atomic E-state index is 0.664. The normalized spacial score (nSPS) is 10.3. The summed E-state index contributed by atoms with van der Waals surface area (Å²) in [5.41, 5.74) is 8.76. The van der Waals surface area contributed by atoms with Crippen molar-refractivity contribution in [1.82, 2.24) is 0 Å². The van der Waals surface area contributed by atoms with E-state index in [4.69, 9.17) is 17.3 Å². The smallest absolute Gasteiger partial charge is 0.0574 e. The Morgan fingerprint density at radius 1 is 1.15 bits per heavy atom. The maximum atomic E-state index is 5.90. The fourth-order valence-corrected chi connectivity index (χ4v) is 2.23. The maximum Gasteiger partial charge on any atom is 0.0574 e. The molecule has 3 nitrogen and oxygen atoms in total. The Kier molecular flexibility index (Phi) is 5.13. The number of nitrogen functional groups attached to an aromatic ring is 1. The number of rotatable bonds is 6. The predicted molar refractivity (Wildman–Crippen MR) is 88.7 cm³/mol. The second-order valence-electron chi connectivity index (χ2n) is 4.77. The first-order chi connectivity index (χ1) is 9.66. The molecule has 106 valence electrons. The third-order valence-corrected chi connectivity index (χ3v) is 3.43. The third kappa shape index (κ3) is 4.07. The highest BCUT2D eigenvalue weighted by Gasteiger charge is 2.01. The molecule has 4 heteroatoms. The Hall–Kier alpha value is -1.87. The van der Waals surface area contributed by atoms with Crippen LogP contribution in [-0.4, -0.2) is 20.1 Å². The summed E-state index contributed by atoms with van der Waals surface area (Å²) in [4.78, 5) is 2.24. The van der Waals surface area contributed by atoms with E-state index in [2.05, 4.69) is 41.5 Å². The number of nitrogens with two attached hydrogens (primary N) is 1. The molecule has 0 aliphatic heterocycles. The molecular weight excluding hydrogens is 270 g/mol. The summed E-state index contributed by atoms with van der Waals surface area (Å²) in [5.74, 6) is 0. The summed E-state index contributed by atoms with van der Waals surface area (Å²) in [6, 6.07) is 15.9. The van der Waals surface area contributed by atoms with Crippen LogP contribution in [0.5, 0.6) is 0 Å². The lowest BCUT2D eigenvalue weighted by Gasteiger charge is -2.19. The number of anilines is 3. The molecule has 0 atom stereocenters. The van der Waals surface area contributed by atoms with Gasteiger partial charge in [-0.05, 0) is 36.8 Å². The van der Waals surface area contributed by atoms with Crippen molar-refractivity contribution in [3.05, 3.63) is 53.6 Å². The van der Waals surface area contributed by atoms with Gasteiger partial charge in [-0.15, -0.1) is 0 Å². The summed E-state index contributed by atoms with van der Waals surface area (Å²) in [5, 5.41) is 4.00. The molecule has 0 aliphatic carbocycles. The van der Waals surface area contributed by atoms with Crippen LogP contribution in [0.3, 0.4) is 0 Å². The van der Waals surface area contributed by atoms with Gasteiger partial charge in [0, 0.05) is 30.8 Å². The number of hydrogen-bond donors (Lipinski definition) is 2. The Bertz CT molecular complexity index is 543. The van der Waals surface area contributed by atoms with Gasteiger partial charge in [0.15, 0.2) is 0 Å². The fourth-order valence-electron chi connectivity index (χ4n) is 2.05. The number of nitrogens with zero attached hydrogens (tertiary/aromatic N) is 1. The van der Waals surface area contributed by atoms with Crippen LogP contribution < -0.4 is 16.0 Å². The van der Waals surface area contributed by atoms with Gasteiger partial charge in [-0.2, -0.15) is 0 Å². The molecule has 2 aromatic carbocycles. The van der Waals surface area contributed by atoms with Crippen LogP contribution >= 0.6 is 11.6 Å². The lowest BCUT2D eigenvalue weighted by Crippen LogP contribution is -2.20. The van der Waals surface area contributed by atoms with E-state index in [0.717, 1.165) is 25.2 Å². The average Bonchev–Trinajstić information content (AvgIpc) is 2.46. The molecule has 0 radical (unpaired) electrons. The van der Waals surface area contributed by atoms with E-state index in [0.29, 0.717) is 10.7 Å². The molecule has 0 fully saturated rings. The zero-order valence-corrected chi connectivity index (χ0v) is 12.4. The molecule has 20 heavy (non-hydrogen) atoms. The fraction of sp³-hybridized carbons (Fsp3) is 0.250. The topological polar surface area (TPSA) is 41.3 Å². The van der Waals surface area contributed by atoms with Crippen molar-refractivity contribution in [2.45, 2.75) is 6.42 Å². The van der Waals surface area contributed by atoms with Crippen molar-refractivity contribution in [3.63, 3.8) is 0 Å². The second kappa shape index (κ2) is 7.06. The lowest BCUT2D eigenvalue weighted by molar-refractivity contribution is 0.817. The number of para-hydroxylation sites is 1. The molecule has 0 amide bonds. The van der Waals surface area contributed by atoms with Crippen molar-refractivity contribution in [2.24, 2.45) is 0 Å². The van der Waals surface area contributed by atoms with Gasteiger partial charge in [0.05, 0.1) is 11.4 Å². The third-order valence-electron chi connectivity index (χ3n) is 3.20. The Morgan fingerprint density at radius 2 is 1.90 bits per heavy atom. The van der Waals surface area contributed by atoms with Crippen molar-refractivity contribution in [3.8, 4) is 0 Å². The van der Waals surface area contributed by atoms with E-state index in [9.17, 15) is 0 Å². The van der Waals surface area contributed by atoms with Crippen LogP contribution in [-0.2, 0) is 0 Å². The van der Waals surface area contributed by atoms with Crippen LogP contribution in [0, 0.1) is 0 Å². The molecule has 0 saturated carbocycles. The molecule has 3 N–H and O–H groups in total. The van der Waals surface area contributed by atoms with Gasteiger partial charge in [-0.3, -0.25) is 0 Å². The lowest BCUT2D eigenvalue weighted by atomic mass is 10.2. The van der Waals surface area contributed by atoms with Crippen molar-refractivity contribution >= 4 is 28.7 Å². The van der Waals surface area contributed by atoms with Crippen molar-refractivity contribution in [2.75, 3.05) is 36.1 Å². The molecule has 2 aromatic rings. The van der Waals surface area contributed by atoms with E-state index >= 15 is 0 Å². The van der Waals surface area contributed by atoms with E-state index < -0.39 is 0 Å². The van der Waals surface area contributed by atoms with Crippen molar-refractivity contribution < 1.29 is 0 Å². The summed E-state index contributed by atoms with van der Waals surface area (Å²) >= 11 is 5.87. The minimum Gasteiger partial charge on any atom is -0.397 e. The van der Waals surface area contributed by atoms with Gasteiger partial charge in [0.1, 0.15) is 0 Å². The summed E-state index contributed by atoms with van der Waals surface area (Å²) in [6.45, 7) is 1.87. The molecule has 0 spiro atoms. The molecule has 0 bridgehead atoms. The number of halogens is 1. The van der Waals surface area contributed by atoms with Crippen LogP contribution in [0.15, 0.2) is 48.5 Å². The number of nitrogens with one attached hydrogen (secondary N) is 1. The first kappa shape index (κ1) is 14.5. The monoisotopic (exact) mass is 289 g/mol. The second-order valence-corrected chi connectivity index (χ2v) is 5.21. The van der Waals surface area contributed by atoms with Gasteiger partial charge >= 0.3 is 0 Å². The van der Waals surface area contributed by atoms with Crippen LogP contribution in [0.2, 0.25) is 5.02 Å². The van der Waals surface area contributed by atoms with Crippen LogP contribution in [0.4, 0.5) is 17.1 Å². The zero-order valence-electron chi connectivity index (χ0n) is 11.6. The molecule has 0 heterocycles. The van der Waals surface area contributed by atoms with E-state index in [-0.39, 0.29) is 0 Å². The highest BCUT2D eigenvalue weighted by Crippen LogP contribution is 2.22. The summed E-state index contributed by atoms with van der Waals surface area (Å²) in [7, 11) is 2.10. The van der Waals surface area contributed by atoms with E-state index in [1.807, 2.05) is 18.2 Å². The quantitative estimate of drug-likeness (QED) is 0.627. The molecule has 2 rings (SSSR count). The largest absolute Gasteiger partial charge is 0.397 e. The van der Waals surface area contributed by atoms with Crippen LogP contribution in [0.1, 0.15) is 6.42 Å². The highest BCUT2D eigenvalue weighted by molar-refractivity contribution is 6.31. The Labute approximate surface area is 125 Å². The van der Waals surface area contributed by atoms with E-state index in [1.54, 1.807) is 6.07 Å². The molecular formula is C16H20ClN3. The van der Waals surface area contributed by atoms with Crippen molar-refractivity contribution in [1.29, 1.82) is 0 Å². The predicted octanol–water partition coefficient (Wildman–Crippen LogP) is 3.86. The SMILES string of the molecule is CN(CCCNc1ccc(Cl)cc1N)c1ccccc1. The summed E-state index contributed by atoms with van der Waals surface area (Å²) < 4.78 is 0. The molecule has 0 aromatic heterocycles.